The minimum atomic E-state index is -2.63. The number of hydrogen-bond donors (Lipinski definition) is 2. The Morgan fingerprint density at radius 2 is 1.85 bits per heavy atom. The van der Waals surface area contributed by atoms with Gasteiger partial charge in [0.05, 0.1) is 4.90 Å². The molecule has 0 saturated carbocycles. The van der Waals surface area contributed by atoms with Crippen LogP contribution in [0.25, 0.3) is 6.08 Å². The molecule has 1 heterocycles. The molecule has 0 aromatic heterocycles. The van der Waals surface area contributed by atoms with Gasteiger partial charge in [0.1, 0.15) is 0 Å². The number of benzene rings is 1. The van der Waals surface area contributed by atoms with E-state index in [1.54, 1.807) is 6.08 Å². The lowest BCUT2D eigenvalue weighted by Gasteiger charge is -2.27. The van der Waals surface area contributed by atoms with Gasteiger partial charge in [-0.15, -0.1) is 10.6 Å². The molecule has 1 aliphatic heterocycles. The number of fused-ring (bicyclic) bond motifs is 1. The first-order chi connectivity index (χ1) is 6.00. The summed E-state index contributed by atoms with van der Waals surface area (Å²) >= 11 is 0. The Morgan fingerprint density at radius 1 is 1.15 bits per heavy atom. The fraction of sp³-hybridized carbons (Fsp3) is 0.200. The molecule has 1 aliphatic rings. The molecule has 0 aliphatic carbocycles. The van der Waals surface area contributed by atoms with E-state index < -0.39 is 10.6 Å². The van der Waals surface area contributed by atoms with Crippen LogP contribution in [0, 0.1) is 13.8 Å². The molecule has 0 bridgehead atoms. The van der Waals surface area contributed by atoms with Crippen LogP contribution >= 0.6 is 10.6 Å². The van der Waals surface area contributed by atoms with Gasteiger partial charge in [-0.1, -0.05) is 17.7 Å². The largest absolute Gasteiger partial charge is 0.291 e. The predicted molar refractivity (Wildman–Crippen MR) is 56.1 cm³/mol. The Balaban J connectivity index is 2.71. The maximum atomic E-state index is 9.67. The van der Waals surface area contributed by atoms with Gasteiger partial charge in [-0.3, -0.25) is 9.11 Å². The molecule has 0 radical (unpaired) electrons. The topological polar surface area (TPSA) is 40.5 Å². The first-order valence-corrected chi connectivity index (χ1v) is 5.69. The van der Waals surface area contributed by atoms with Crippen LogP contribution in [0.2, 0.25) is 0 Å². The SMILES string of the molecule is Cc1cc(C)c2c(c1)C=CS2(O)O. The molecule has 3 heteroatoms. The van der Waals surface area contributed by atoms with Crippen molar-refractivity contribution in [3.8, 4) is 0 Å². The molecule has 2 rings (SSSR count). The molecule has 2 nitrogen and oxygen atoms in total. The molecule has 70 valence electrons. The molecule has 0 spiro atoms. The second kappa shape index (κ2) is 2.61. The highest BCUT2D eigenvalue weighted by atomic mass is 32.3. The summed E-state index contributed by atoms with van der Waals surface area (Å²) < 4.78 is 19.3. The van der Waals surface area contributed by atoms with Crippen LogP contribution in [-0.2, 0) is 0 Å². The highest BCUT2D eigenvalue weighted by Gasteiger charge is 2.23. The van der Waals surface area contributed by atoms with Gasteiger partial charge in [0.15, 0.2) is 0 Å². The van der Waals surface area contributed by atoms with E-state index in [2.05, 4.69) is 0 Å². The van der Waals surface area contributed by atoms with E-state index in [9.17, 15) is 9.11 Å². The van der Waals surface area contributed by atoms with Crippen molar-refractivity contribution in [1.29, 1.82) is 0 Å². The standard InChI is InChI=1S/C10H12O2S/c1-7-5-8(2)10-9(6-7)3-4-13(10,11)12/h3-6,11-12H,1-2H3. The van der Waals surface area contributed by atoms with Crippen molar-refractivity contribution in [2.45, 2.75) is 18.7 Å². The normalized spacial score (nSPS) is 20.0. The second-order valence-corrected chi connectivity index (χ2v) is 5.26. The van der Waals surface area contributed by atoms with Gasteiger partial charge < -0.3 is 0 Å². The lowest BCUT2D eigenvalue weighted by atomic mass is 10.1. The third-order valence-electron chi connectivity index (χ3n) is 2.19. The van der Waals surface area contributed by atoms with Crippen molar-refractivity contribution in [1.82, 2.24) is 0 Å². The smallest absolute Gasteiger partial charge is 0.0732 e. The minimum Gasteiger partial charge on any atom is -0.291 e. The van der Waals surface area contributed by atoms with E-state index in [0.29, 0.717) is 4.90 Å². The molecular formula is C10H12O2S. The van der Waals surface area contributed by atoms with Crippen LogP contribution in [0.15, 0.2) is 22.4 Å². The molecule has 0 unspecified atom stereocenters. The van der Waals surface area contributed by atoms with E-state index in [1.807, 2.05) is 26.0 Å². The Labute approximate surface area is 79.3 Å². The predicted octanol–water partition coefficient (Wildman–Crippen LogP) is 3.40. The van der Waals surface area contributed by atoms with Gasteiger partial charge in [0.2, 0.25) is 0 Å². The van der Waals surface area contributed by atoms with Crippen LogP contribution in [0.5, 0.6) is 0 Å². The van der Waals surface area contributed by atoms with Crippen molar-refractivity contribution in [2.24, 2.45) is 0 Å². The monoisotopic (exact) mass is 196 g/mol. The summed E-state index contributed by atoms with van der Waals surface area (Å²) in [7, 11) is -2.63. The quantitative estimate of drug-likeness (QED) is 0.667. The molecule has 13 heavy (non-hydrogen) atoms. The number of aryl methyl sites for hydroxylation is 2. The molecule has 2 N–H and O–H groups in total. The van der Waals surface area contributed by atoms with Crippen LogP contribution in [0.4, 0.5) is 0 Å². The molecule has 0 atom stereocenters. The summed E-state index contributed by atoms with van der Waals surface area (Å²) in [6.07, 6.45) is 1.78. The van der Waals surface area contributed by atoms with Crippen LogP contribution < -0.4 is 0 Å². The first kappa shape index (κ1) is 8.81. The summed E-state index contributed by atoms with van der Waals surface area (Å²) in [6.45, 7) is 3.91. The summed E-state index contributed by atoms with van der Waals surface area (Å²) in [5.74, 6) is 0. The van der Waals surface area contributed by atoms with Gasteiger partial charge in [-0.05, 0) is 31.1 Å². The fourth-order valence-electron chi connectivity index (χ4n) is 1.76. The molecule has 0 fully saturated rings. The highest BCUT2D eigenvalue weighted by molar-refractivity contribution is 8.27. The summed E-state index contributed by atoms with van der Waals surface area (Å²) in [4.78, 5) is 0.693. The van der Waals surface area contributed by atoms with Gasteiger partial charge in [-0.25, -0.2) is 0 Å². The Hall–Kier alpha value is -0.770. The van der Waals surface area contributed by atoms with Crippen LogP contribution in [0.3, 0.4) is 0 Å². The zero-order valence-corrected chi connectivity index (χ0v) is 8.43. The Bertz CT molecular complexity index is 394. The van der Waals surface area contributed by atoms with E-state index >= 15 is 0 Å². The van der Waals surface area contributed by atoms with Gasteiger partial charge >= 0.3 is 0 Å². The van der Waals surface area contributed by atoms with E-state index in [0.717, 1.165) is 16.7 Å². The number of rotatable bonds is 0. The molecule has 0 amide bonds. The lowest BCUT2D eigenvalue weighted by molar-refractivity contribution is 0.500. The summed E-state index contributed by atoms with van der Waals surface area (Å²) in [5.41, 5.74) is 3.05. The first-order valence-electron chi connectivity index (χ1n) is 4.08. The number of hydrogen-bond acceptors (Lipinski definition) is 2. The third kappa shape index (κ3) is 1.29. The van der Waals surface area contributed by atoms with Crippen molar-refractivity contribution in [3.05, 3.63) is 34.2 Å². The molecule has 1 aromatic rings. The van der Waals surface area contributed by atoms with Gasteiger partial charge in [0.25, 0.3) is 0 Å². The molecule has 0 saturated heterocycles. The maximum absolute atomic E-state index is 9.67. The Morgan fingerprint density at radius 3 is 2.54 bits per heavy atom. The fourth-order valence-corrected chi connectivity index (χ4v) is 3.24. The van der Waals surface area contributed by atoms with Crippen molar-refractivity contribution < 1.29 is 9.11 Å². The Kier molecular flexibility index (Phi) is 1.77. The van der Waals surface area contributed by atoms with E-state index in [1.165, 1.54) is 5.41 Å². The van der Waals surface area contributed by atoms with Crippen molar-refractivity contribution >= 4 is 16.7 Å². The average molecular weight is 196 g/mol. The average Bonchev–Trinajstić information content (AvgIpc) is 2.26. The maximum Gasteiger partial charge on any atom is 0.0732 e. The van der Waals surface area contributed by atoms with Crippen molar-refractivity contribution in [2.75, 3.05) is 0 Å². The van der Waals surface area contributed by atoms with Gasteiger partial charge in [0, 0.05) is 5.41 Å². The summed E-state index contributed by atoms with van der Waals surface area (Å²) in [5, 5.41) is 1.49. The second-order valence-electron chi connectivity index (χ2n) is 3.40. The van der Waals surface area contributed by atoms with Crippen LogP contribution in [0.1, 0.15) is 16.7 Å². The highest BCUT2D eigenvalue weighted by Crippen LogP contribution is 2.57. The zero-order chi connectivity index (χ0) is 9.64. The minimum absolute atomic E-state index is 0.693. The van der Waals surface area contributed by atoms with Crippen molar-refractivity contribution in [3.63, 3.8) is 0 Å². The zero-order valence-electron chi connectivity index (χ0n) is 7.61. The molecule has 1 aromatic carbocycles. The van der Waals surface area contributed by atoms with E-state index in [-0.39, 0.29) is 0 Å². The van der Waals surface area contributed by atoms with E-state index in [4.69, 9.17) is 0 Å². The van der Waals surface area contributed by atoms with Gasteiger partial charge in [-0.2, -0.15) is 0 Å². The third-order valence-corrected chi connectivity index (χ3v) is 3.86. The molecular weight excluding hydrogens is 184 g/mol. The van der Waals surface area contributed by atoms with Crippen LogP contribution in [-0.4, -0.2) is 9.11 Å². The summed E-state index contributed by atoms with van der Waals surface area (Å²) in [6, 6.07) is 3.94. The lowest BCUT2D eigenvalue weighted by Crippen LogP contribution is -1.95.